The number of aromatic hydroxyl groups is 1. The van der Waals surface area contributed by atoms with Crippen molar-refractivity contribution in [3.63, 3.8) is 0 Å². The Balaban J connectivity index is 2.13. The van der Waals surface area contributed by atoms with Crippen LogP contribution in [0.25, 0.3) is 6.08 Å². The van der Waals surface area contributed by atoms with Gasteiger partial charge in [0.2, 0.25) is 11.2 Å². The molecule has 1 aliphatic rings. The third-order valence-corrected chi connectivity index (χ3v) is 4.57. The first-order valence-corrected chi connectivity index (χ1v) is 9.04. The summed E-state index contributed by atoms with van der Waals surface area (Å²) in [6.45, 7) is 3.19. The van der Waals surface area contributed by atoms with E-state index < -0.39 is 35.8 Å². The number of ether oxygens (including phenoxy) is 2. The number of esters is 1. The third kappa shape index (κ3) is 3.94. The SMILES string of the molecule is CCOC(=O)C[C@@H](C1=Cc2ccccc2O[C@@H]1C)c1oc(CO)cc(=O)c1O. The Hall–Kier alpha value is -3.06. The smallest absolute Gasteiger partial charge is 0.306 e. The predicted octanol–water partition coefficient (Wildman–Crippen LogP) is 2.74. The van der Waals surface area contributed by atoms with E-state index in [-0.39, 0.29) is 24.5 Å². The Labute approximate surface area is 161 Å². The van der Waals surface area contributed by atoms with E-state index in [1.807, 2.05) is 37.3 Å². The van der Waals surface area contributed by atoms with E-state index in [2.05, 4.69) is 0 Å². The summed E-state index contributed by atoms with van der Waals surface area (Å²) >= 11 is 0. The minimum absolute atomic E-state index is 0.00274. The second kappa shape index (κ2) is 8.31. The second-order valence-electron chi connectivity index (χ2n) is 6.45. The summed E-state index contributed by atoms with van der Waals surface area (Å²) in [6.07, 6.45) is 1.27. The highest BCUT2D eigenvalue weighted by molar-refractivity contribution is 5.73. The summed E-state index contributed by atoms with van der Waals surface area (Å²) in [5, 5.41) is 19.7. The number of hydrogen-bond donors (Lipinski definition) is 2. The molecule has 148 valence electrons. The van der Waals surface area contributed by atoms with Crippen LogP contribution in [-0.4, -0.2) is 28.9 Å². The Morgan fingerprint density at radius 3 is 2.79 bits per heavy atom. The lowest BCUT2D eigenvalue weighted by Crippen LogP contribution is -2.26. The molecular formula is C21H22O7. The van der Waals surface area contributed by atoms with Gasteiger partial charge in [-0.25, -0.2) is 0 Å². The standard InChI is InChI=1S/C21H22O7/c1-3-26-19(24)10-16(21-20(25)17(23)9-14(11-22)28-21)15-8-13-6-4-5-7-18(13)27-12(15)2/h4-9,12,16,22,25H,3,10-11H2,1-2H3/t12-,16+/m1/s1. The highest BCUT2D eigenvalue weighted by Crippen LogP contribution is 2.40. The zero-order valence-corrected chi connectivity index (χ0v) is 15.7. The lowest BCUT2D eigenvalue weighted by molar-refractivity contribution is -0.143. The zero-order valence-electron chi connectivity index (χ0n) is 15.7. The van der Waals surface area contributed by atoms with Gasteiger partial charge in [0.05, 0.1) is 18.9 Å². The van der Waals surface area contributed by atoms with Crippen molar-refractivity contribution < 1.29 is 28.9 Å². The van der Waals surface area contributed by atoms with Crippen molar-refractivity contribution in [2.75, 3.05) is 6.61 Å². The molecule has 2 aromatic rings. The molecule has 28 heavy (non-hydrogen) atoms. The van der Waals surface area contributed by atoms with Gasteiger partial charge in [-0.15, -0.1) is 0 Å². The molecule has 7 heteroatoms. The molecular weight excluding hydrogens is 364 g/mol. The van der Waals surface area contributed by atoms with Gasteiger partial charge in [0, 0.05) is 11.6 Å². The van der Waals surface area contributed by atoms with Gasteiger partial charge in [-0.05, 0) is 31.6 Å². The fourth-order valence-electron chi connectivity index (χ4n) is 3.26. The highest BCUT2D eigenvalue weighted by atomic mass is 16.5. The number of fused-ring (bicyclic) bond motifs is 1. The molecule has 3 rings (SSSR count). The van der Waals surface area contributed by atoms with Crippen LogP contribution in [0.5, 0.6) is 11.5 Å². The first-order valence-electron chi connectivity index (χ1n) is 9.04. The molecule has 2 heterocycles. The molecule has 0 unspecified atom stereocenters. The maximum Gasteiger partial charge on any atom is 0.306 e. The molecule has 7 nitrogen and oxygen atoms in total. The van der Waals surface area contributed by atoms with Crippen molar-refractivity contribution in [3.05, 3.63) is 63.2 Å². The van der Waals surface area contributed by atoms with Crippen LogP contribution in [-0.2, 0) is 16.1 Å². The molecule has 1 aliphatic heterocycles. The quantitative estimate of drug-likeness (QED) is 0.735. The van der Waals surface area contributed by atoms with Crippen molar-refractivity contribution in [2.24, 2.45) is 0 Å². The second-order valence-corrected chi connectivity index (χ2v) is 6.45. The number of aliphatic hydroxyl groups excluding tert-OH is 1. The summed E-state index contributed by atoms with van der Waals surface area (Å²) in [5.41, 5.74) is 0.773. The molecule has 1 aromatic heterocycles. The maximum atomic E-state index is 12.2. The van der Waals surface area contributed by atoms with E-state index in [0.717, 1.165) is 11.6 Å². The van der Waals surface area contributed by atoms with E-state index in [9.17, 15) is 19.8 Å². The number of aliphatic hydroxyl groups is 1. The summed E-state index contributed by atoms with van der Waals surface area (Å²) in [6, 6.07) is 8.43. The van der Waals surface area contributed by atoms with E-state index in [4.69, 9.17) is 13.9 Å². The van der Waals surface area contributed by atoms with Crippen molar-refractivity contribution in [1.29, 1.82) is 0 Å². The first kappa shape index (κ1) is 19.7. The fraction of sp³-hybridized carbons (Fsp3) is 0.333. The lowest BCUT2D eigenvalue weighted by Gasteiger charge is -2.29. The molecule has 0 saturated heterocycles. The fourth-order valence-corrected chi connectivity index (χ4v) is 3.26. The topological polar surface area (TPSA) is 106 Å². The summed E-state index contributed by atoms with van der Waals surface area (Å²) in [7, 11) is 0. The normalized spacial score (nSPS) is 16.5. The van der Waals surface area contributed by atoms with Crippen molar-refractivity contribution in [3.8, 4) is 11.5 Å². The highest BCUT2D eigenvalue weighted by Gasteiger charge is 2.33. The van der Waals surface area contributed by atoms with Crippen LogP contribution >= 0.6 is 0 Å². The molecule has 0 radical (unpaired) electrons. The van der Waals surface area contributed by atoms with Gasteiger partial charge < -0.3 is 24.1 Å². The van der Waals surface area contributed by atoms with Crippen molar-refractivity contribution in [2.45, 2.75) is 38.9 Å². The number of para-hydroxylation sites is 1. The molecule has 0 bridgehead atoms. The van der Waals surface area contributed by atoms with Gasteiger partial charge in [-0.1, -0.05) is 18.2 Å². The summed E-state index contributed by atoms with van der Waals surface area (Å²) in [5.74, 6) is -1.29. The Morgan fingerprint density at radius 2 is 2.07 bits per heavy atom. The van der Waals surface area contributed by atoms with Gasteiger partial charge in [-0.2, -0.15) is 0 Å². The van der Waals surface area contributed by atoms with Crippen LogP contribution in [0.4, 0.5) is 0 Å². The maximum absolute atomic E-state index is 12.2. The number of hydrogen-bond acceptors (Lipinski definition) is 7. The molecule has 1 aromatic carbocycles. The van der Waals surface area contributed by atoms with E-state index >= 15 is 0 Å². The molecule has 0 saturated carbocycles. The minimum atomic E-state index is -0.790. The third-order valence-electron chi connectivity index (χ3n) is 4.57. The number of benzene rings is 1. The molecule has 0 fully saturated rings. The van der Waals surface area contributed by atoms with Gasteiger partial charge in [0.25, 0.3) is 0 Å². The Kier molecular flexibility index (Phi) is 5.84. The van der Waals surface area contributed by atoms with Crippen LogP contribution in [0.2, 0.25) is 0 Å². The van der Waals surface area contributed by atoms with E-state index in [1.54, 1.807) is 6.92 Å². The van der Waals surface area contributed by atoms with Crippen molar-refractivity contribution in [1.82, 2.24) is 0 Å². The van der Waals surface area contributed by atoms with Gasteiger partial charge >= 0.3 is 5.97 Å². The monoisotopic (exact) mass is 386 g/mol. The van der Waals surface area contributed by atoms with Crippen LogP contribution < -0.4 is 10.2 Å². The van der Waals surface area contributed by atoms with Crippen LogP contribution in [0.1, 0.15) is 43.3 Å². The van der Waals surface area contributed by atoms with Crippen LogP contribution in [0, 0.1) is 0 Å². The Morgan fingerprint density at radius 1 is 1.32 bits per heavy atom. The van der Waals surface area contributed by atoms with E-state index in [0.29, 0.717) is 11.3 Å². The molecule has 2 atom stereocenters. The minimum Gasteiger partial charge on any atom is -0.502 e. The van der Waals surface area contributed by atoms with E-state index in [1.165, 1.54) is 0 Å². The first-order chi connectivity index (χ1) is 13.4. The number of rotatable bonds is 6. The average Bonchev–Trinajstić information content (AvgIpc) is 2.68. The van der Waals surface area contributed by atoms with Gasteiger partial charge in [0.1, 0.15) is 24.2 Å². The zero-order chi connectivity index (χ0) is 20.3. The van der Waals surface area contributed by atoms with Crippen LogP contribution in [0.15, 0.2) is 45.1 Å². The molecule has 2 N–H and O–H groups in total. The predicted molar refractivity (Wildman–Crippen MR) is 101 cm³/mol. The molecule has 0 aliphatic carbocycles. The summed E-state index contributed by atoms with van der Waals surface area (Å²) in [4.78, 5) is 24.3. The van der Waals surface area contributed by atoms with Crippen LogP contribution in [0.3, 0.4) is 0 Å². The number of carbonyl (C=O) groups excluding carboxylic acids is 1. The number of carbonyl (C=O) groups is 1. The largest absolute Gasteiger partial charge is 0.502 e. The molecule has 0 amide bonds. The van der Waals surface area contributed by atoms with Gasteiger partial charge in [0.15, 0.2) is 5.76 Å². The van der Waals surface area contributed by atoms with Gasteiger partial charge in [-0.3, -0.25) is 9.59 Å². The summed E-state index contributed by atoms with van der Waals surface area (Å²) < 4.78 is 16.6. The average molecular weight is 386 g/mol. The Bertz CT molecular complexity index is 957. The van der Waals surface area contributed by atoms with Crippen molar-refractivity contribution >= 4 is 12.0 Å². The molecule has 0 spiro atoms. The lowest BCUT2D eigenvalue weighted by atomic mass is 9.86.